The number of hydrogen-bond acceptors (Lipinski definition) is 3. The molecule has 0 heterocycles. The molecular formula is C5H8F3NO2. The van der Waals surface area contributed by atoms with Crippen LogP contribution in [0, 0.1) is 0 Å². The second kappa shape index (κ2) is 2.69. The van der Waals surface area contributed by atoms with Crippen LogP contribution in [0.15, 0.2) is 0 Å². The van der Waals surface area contributed by atoms with Crippen LogP contribution in [0.1, 0.15) is 6.92 Å². The van der Waals surface area contributed by atoms with E-state index in [1.807, 2.05) is 0 Å². The molecule has 0 saturated carbocycles. The molecule has 0 saturated heterocycles. The monoisotopic (exact) mass is 171 g/mol. The number of ether oxygens (including phenoxy) is 1. The van der Waals surface area contributed by atoms with Gasteiger partial charge in [-0.05, 0) is 6.92 Å². The summed E-state index contributed by atoms with van der Waals surface area (Å²) in [7, 11) is 0.846. The number of halogens is 3. The highest BCUT2D eigenvalue weighted by Gasteiger charge is 2.54. The number of hydrogen-bond donors (Lipinski definition) is 1. The van der Waals surface area contributed by atoms with Gasteiger partial charge in [-0.3, -0.25) is 0 Å². The first-order valence-electron chi connectivity index (χ1n) is 2.67. The average Bonchev–Trinajstić information content (AvgIpc) is 1.83. The molecule has 11 heavy (non-hydrogen) atoms. The van der Waals surface area contributed by atoms with Crippen molar-refractivity contribution in [3.63, 3.8) is 0 Å². The Hall–Kier alpha value is -0.780. The Labute approximate surface area is 61.3 Å². The van der Waals surface area contributed by atoms with Crippen LogP contribution in [0.4, 0.5) is 13.2 Å². The molecule has 0 radical (unpaired) electrons. The summed E-state index contributed by atoms with van der Waals surface area (Å²) in [4.78, 5) is 10.4. The number of carbonyl (C=O) groups is 1. The molecule has 0 aromatic carbocycles. The fourth-order valence-corrected chi connectivity index (χ4v) is 0.328. The second-order valence-corrected chi connectivity index (χ2v) is 2.19. The van der Waals surface area contributed by atoms with Crippen molar-refractivity contribution in [3.8, 4) is 0 Å². The van der Waals surface area contributed by atoms with E-state index >= 15 is 0 Å². The smallest absolute Gasteiger partial charge is 0.416 e. The maximum atomic E-state index is 11.8. The van der Waals surface area contributed by atoms with Crippen molar-refractivity contribution in [1.82, 2.24) is 0 Å². The van der Waals surface area contributed by atoms with E-state index in [0.717, 1.165) is 7.11 Å². The van der Waals surface area contributed by atoms with Gasteiger partial charge in [0.05, 0.1) is 7.11 Å². The zero-order chi connectivity index (χ0) is 9.28. The number of carbonyl (C=O) groups excluding carboxylic acids is 1. The first kappa shape index (κ1) is 10.2. The van der Waals surface area contributed by atoms with E-state index in [4.69, 9.17) is 0 Å². The predicted octanol–water partition coefficient (Wildman–Crippen LogP) is 0.439. The standard InChI is InChI=1S/C5H8F3NO2/c1-4(9,3(10)11-2)5(6,7)8/h9H2,1-2H3/t4-/m1/s1. The van der Waals surface area contributed by atoms with Gasteiger partial charge in [-0.1, -0.05) is 0 Å². The summed E-state index contributed by atoms with van der Waals surface area (Å²) in [5.41, 5.74) is 1.73. The molecule has 0 rings (SSSR count). The summed E-state index contributed by atoms with van der Waals surface area (Å²) < 4.78 is 39.4. The Morgan fingerprint density at radius 3 is 1.91 bits per heavy atom. The Morgan fingerprint density at radius 1 is 1.45 bits per heavy atom. The van der Waals surface area contributed by atoms with E-state index in [-0.39, 0.29) is 0 Å². The molecule has 0 fully saturated rings. The summed E-state index contributed by atoms with van der Waals surface area (Å²) in [6, 6.07) is 0. The van der Waals surface area contributed by atoms with Gasteiger partial charge in [0.25, 0.3) is 0 Å². The van der Waals surface area contributed by atoms with Crippen LogP contribution in [0.3, 0.4) is 0 Å². The van der Waals surface area contributed by atoms with Crippen molar-refractivity contribution in [2.75, 3.05) is 7.11 Å². The van der Waals surface area contributed by atoms with Gasteiger partial charge in [-0.2, -0.15) is 13.2 Å². The van der Waals surface area contributed by atoms with Crippen LogP contribution in [-0.4, -0.2) is 24.8 Å². The molecule has 0 aliphatic carbocycles. The van der Waals surface area contributed by atoms with E-state index < -0.39 is 17.7 Å². The SMILES string of the molecule is COC(=O)[C@@](C)(N)C(F)(F)F. The second-order valence-electron chi connectivity index (χ2n) is 2.19. The van der Waals surface area contributed by atoms with Crippen LogP contribution < -0.4 is 5.73 Å². The molecule has 0 unspecified atom stereocenters. The van der Waals surface area contributed by atoms with Gasteiger partial charge in [0.1, 0.15) is 0 Å². The lowest BCUT2D eigenvalue weighted by molar-refractivity contribution is -0.200. The number of nitrogens with two attached hydrogens (primary N) is 1. The molecule has 0 aliphatic rings. The van der Waals surface area contributed by atoms with Crippen LogP contribution in [-0.2, 0) is 9.53 Å². The van der Waals surface area contributed by atoms with E-state index in [9.17, 15) is 18.0 Å². The molecule has 0 aromatic rings. The molecule has 2 N–H and O–H groups in total. The summed E-state index contributed by atoms with van der Waals surface area (Å²) in [6.45, 7) is 0.554. The van der Waals surface area contributed by atoms with Crippen LogP contribution in [0.25, 0.3) is 0 Å². The quantitative estimate of drug-likeness (QED) is 0.582. The fourth-order valence-electron chi connectivity index (χ4n) is 0.328. The van der Waals surface area contributed by atoms with Gasteiger partial charge in [0, 0.05) is 0 Å². The van der Waals surface area contributed by atoms with Crippen molar-refractivity contribution in [3.05, 3.63) is 0 Å². The molecule has 0 amide bonds. The van der Waals surface area contributed by atoms with Gasteiger partial charge < -0.3 is 10.5 Å². The maximum absolute atomic E-state index is 11.8. The molecule has 0 spiro atoms. The maximum Gasteiger partial charge on any atom is 0.416 e. The fraction of sp³-hybridized carbons (Fsp3) is 0.800. The van der Waals surface area contributed by atoms with Crippen molar-refractivity contribution in [1.29, 1.82) is 0 Å². The van der Waals surface area contributed by atoms with Crippen molar-refractivity contribution >= 4 is 5.97 Å². The van der Waals surface area contributed by atoms with Gasteiger partial charge in [0.2, 0.25) is 5.54 Å². The molecule has 0 aliphatic heterocycles. The highest BCUT2D eigenvalue weighted by molar-refractivity contribution is 5.80. The van der Waals surface area contributed by atoms with Crippen LogP contribution in [0.2, 0.25) is 0 Å². The Bertz CT molecular complexity index is 164. The lowest BCUT2D eigenvalue weighted by atomic mass is 10.0. The summed E-state index contributed by atoms with van der Waals surface area (Å²) in [5.74, 6) is -1.50. The topological polar surface area (TPSA) is 52.3 Å². The minimum atomic E-state index is -4.78. The Balaban J connectivity index is 4.59. The van der Waals surface area contributed by atoms with E-state index in [1.165, 1.54) is 0 Å². The van der Waals surface area contributed by atoms with Gasteiger partial charge in [-0.15, -0.1) is 0 Å². The molecule has 66 valence electrons. The third-order valence-corrected chi connectivity index (χ3v) is 1.20. The van der Waals surface area contributed by atoms with E-state index in [2.05, 4.69) is 10.5 Å². The molecule has 3 nitrogen and oxygen atoms in total. The van der Waals surface area contributed by atoms with Crippen LogP contribution >= 0.6 is 0 Å². The average molecular weight is 171 g/mol. The lowest BCUT2D eigenvalue weighted by Gasteiger charge is -2.23. The third-order valence-electron chi connectivity index (χ3n) is 1.20. The van der Waals surface area contributed by atoms with Crippen molar-refractivity contribution in [2.24, 2.45) is 5.73 Å². The molecule has 1 atom stereocenters. The first-order valence-corrected chi connectivity index (χ1v) is 2.67. The largest absolute Gasteiger partial charge is 0.467 e. The van der Waals surface area contributed by atoms with Crippen molar-refractivity contribution < 1.29 is 22.7 Å². The number of rotatable bonds is 1. The summed E-state index contributed by atoms with van der Waals surface area (Å²) >= 11 is 0. The molecule has 6 heteroatoms. The zero-order valence-corrected chi connectivity index (χ0v) is 6.03. The van der Waals surface area contributed by atoms with Crippen LogP contribution in [0.5, 0.6) is 0 Å². The minimum Gasteiger partial charge on any atom is -0.467 e. The normalized spacial score (nSPS) is 17.3. The molecule has 0 aromatic heterocycles. The third kappa shape index (κ3) is 1.83. The van der Waals surface area contributed by atoms with E-state index in [0.29, 0.717) is 6.92 Å². The molecular weight excluding hydrogens is 163 g/mol. The zero-order valence-electron chi connectivity index (χ0n) is 6.03. The lowest BCUT2D eigenvalue weighted by Crippen LogP contribution is -2.57. The number of alkyl halides is 3. The number of methoxy groups -OCH3 is 1. The van der Waals surface area contributed by atoms with Crippen molar-refractivity contribution in [2.45, 2.75) is 18.6 Å². The molecule has 0 bridgehead atoms. The Kier molecular flexibility index (Phi) is 2.50. The van der Waals surface area contributed by atoms with E-state index in [1.54, 1.807) is 0 Å². The Morgan fingerprint density at radius 2 is 1.82 bits per heavy atom. The highest BCUT2D eigenvalue weighted by Crippen LogP contribution is 2.28. The highest BCUT2D eigenvalue weighted by atomic mass is 19.4. The summed E-state index contributed by atoms with van der Waals surface area (Å²) in [6.07, 6.45) is -4.78. The van der Waals surface area contributed by atoms with Gasteiger partial charge in [0.15, 0.2) is 0 Å². The summed E-state index contributed by atoms with van der Waals surface area (Å²) in [5, 5.41) is 0. The first-order chi connectivity index (χ1) is 4.73. The predicted molar refractivity (Wildman–Crippen MR) is 30.7 cm³/mol. The minimum absolute atomic E-state index is 0.554. The van der Waals surface area contributed by atoms with Gasteiger partial charge in [-0.25, -0.2) is 4.79 Å². The number of esters is 1. The van der Waals surface area contributed by atoms with Gasteiger partial charge >= 0.3 is 12.1 Å².